The lowest BCUT2D eigenvalue weighted by molar-refractivity contribution is -0.150. The fraction of sp³-hybridized carbons (Fsp3) is 0.870. The Morgan fingerprint density at radius 2 is 1.97 bits per heavy atom. The summed E-state index contributed by atoms with van der Waals surface area (Å²) < 4.78 is 12.0. The summed E-state index contributed by atoms with van der Waals surface area (Å²) in [4.78, 5) is 44.1. The van der Waals surface area contributed by atoms with Crippen molar-refractivity contribution in [1.29, 1.82) is 0 Å². The van der Waals surface area contributed by atoms with Crippen LogP contribution in [0.1, 0.15) is 33.6 Å². The molecule has 186 valence electrons. The fourth-order valence-electron chi connectivity index (χ4n) is 6.60. The highest BCUT2D eigenvalue weighted by Gasteiger charge is 2.80. The van der Waals surface area contributed by atoms with E-state index < -0.39 is 35.1 Å². The summed E-state index contributed by atoms with van der Waals surface area (Å²) in [5, 5.41) is 15.8. The number of fused-ring (bicyclic) bond motifs is 1. The molecular weight excluding hydrogens is 428 g/mol. The lowest BCUT2D eigenvalue weighted by atomic mass is 9.62. The minimum absolute atomic E-state index is 0.00153. The van der Waals surface area contributed by atoms with Gasteiger partial charge in [0.15, 0.2) is 0 Å². The van der Waals surface area contributed by atoms with Crippen LogP contribution in [0.3, 0.4) is 0 Å². The number of carbonyl (C=O) groups is 3. The molecule has 4 aliphatic rings. The number of morpholine rings is 1. The number of nitrogens with zero attached hydrogens (tertiary/aromatic N) is 2. The second-order valence-electron chi connectivity index (χ2n) is 10.1. The van der Waals surface area contributed by atoms with E-state index in [1.807, 2.05) is 20.8 Å². The van der Waals surface area contributed by atoms with Crippen LogP contribution in [0, 0.1) is 17.8 Å². The number of aliphatic hydroxyl groups is 1. The molecule has 0 aromatic rings. The van der Waals surface area contributed by atoms with E-state index in [-0.39, 0.29) is 30.2 Å². The highest BCUT2D eigenvalue weighted by atomic mass is 16.5. The van der Waals surface area contributed by atoms with Crippen LogP contribution in [0.4, 0.5) is 0 Å². The zero-order valence-corrected chi connectivity index (χ0v) is 20.1. The van der Waals surface area contributed by atoms with Crippen molar-refractivity contribution >= 4 is 17.7 Å². The number of ether oxygens (including phenoxy) is 2. The normalized spacial score (nSPS) is 38.9. The molecule has 33 heavy (non-hydrogen) atoms. The molecule has 4 rings (SSSR count). The average Bonchev–Trinajstić information content (AvgIpc) is 3.32. The minimum atomic E-state index is -1.08. The van der Waals surface area contributed by atoms with Gasteiger partial charge in [-0.25, -0.2) is 0 Å². The third-order valence-electron chi connectivity index (χ3n) is 8.44. The zero-order valence-electron chi connectivity index (χ0n) is 20.1. The van der Waals surface area contributed by atoms with Gasteiger partial charge in [0.05, 0.1) is 43.3 Å². The monoisotopic (exact) mass is 466 g/mol. The topological polar surface area (TPSA) is 120 Å². The van der Waals surface area contributed by atoms with Crippen molar-refractivity contribution in [3.05, 3.63) is 0 Å². The van der Waals surface area contributed by atoms with Crippen LogP contribution in [0.15, 0.2) is 0 Å². The molecule has 3 amide bonds. The molecule has 0 aromatic carbocycles. The van der Waals surface area contributed by atoms with E-state index >= 15 is 0 Å². The summed E-state index contributed by atoms with van der Waals surface area (Å²) in [6, 6.07) is -1.39. The first-order valence-electron chi connectivity index (χ1n) is 12.2. The van der Waals surface area contributed by atoms with Crippen molar-refractivity contribution in [2.45, 2.75) is 56.9 Å². The summed E-state index contributed by atoms with van der Waals surface area (Å²) >= 11 is 0. The molecule has 3 unspecified atom stereocenters. The average molecular weight is 467 g/mol. The SMILES string of the molecule is CC[C@@H](CO)N1C(=O)[C@@H]2[C@@H](C(=O)NC)[C@]3(C)OC2(CC3C)C1C(=O)NCCN1CCOCC1. The number of hydrogen-bond acceptors (Lipinski definition) is 7. The first-order valence-corrected chi connectivity index (χ1v) is 12.2. The third kappa shape index (κ3) is 3.66. The number of carbonyl (C=O) groups excluding carboxylic acids is 3. The summed E-state index contributed by atoms with van der Waals surface area (Å²) in [5.41, 5.74) is -1.90. The first-order chi connectivity index (χ1) is 15.7. The van der Waals surface area contributed by atoms with Crippen LogP contribution >= 0.6 is 0 Å². The van der Waals surface area contributed by atoms with E-state index in [1.54, 1.807) is 7.05 Å². The maximum atomic E-state index is 13.8. The molecule has 4 saturated heterocycles. The lowest BCUT2D eigenvalue weighted by Gasteiger charge is -2.37. The van der Waals surface area contributed by atoms with Crippen LogP contribution < -0.4 is 10.6 Å². The Balaban J connectivity index is 1.63. The van der Waals surface area contributed by atoms with E-state index in [2.05, 4.69) is 15.5 Å². The van der Waals surface area contributed by atoms with Gasteiger partial charge in [0.1, 0.15) is 11.6 Å². The molecular formula is C23H38N4O6. The Morgan fingerprint density at radius 3 is 2.58 bits per heavy atom. The Bertz CT molecular complexity index is 785. The van der Waals surface area contributed by atoms with Gasteiger partial charge >= 0.3 is 0 Å². The number of aliphatic hydroxyl groups excluding tert-OH is 1. The molecule has 0 radical (unpaired) electrons. The molecule has 4 fully saturated rings. The van der Waals surface area contributed by atoms with Gasteiger partial charge in [0, 0.05) is 33.2 Å². The highest BCUT2D eigenvalue weighted by molar-refractivity contribution is 5.99. The van der Waals surface area contributed by atoms with E-state index in [9.17, 15) is 19.5 Å². The smallest absolute Gasteiger partial charge is 0.245 e. The van der Waals surface area contributed by atoms with Gasteiger partial charge in [-0.3, -0.25) is 19.3 Å². The van der Waals surface area contributed by atoms with E-state index in [0.717, 1.165) is 13.1 Å². The predicted octanol–water partition coefficient (Wildman–Crippen LogP) is -1.04. The Hall–Kier alpha value is -1.75. The maximum absolute atomic E-state index is 13.8. The van der Waals surface area contributed by atoms with Crippen molar-refractivity contribution < 1.29 is 29.0 Å². The molecule has 2 bridgehead atoms. The van der Waals surface area contributed by atoms with Crippen molar-refractivity contribution in [3.8, 4) is 0 Å². The van der Waals surface area contributed by atoms with E-state index in [1.165, 1.54) is 4.90 Å². The van der Waals surface area contributed by atoms with Crippen molar-refractivity contribution in [1.82, 2.24) is 20.4 Å². The van der Waals surface area contributed by atoms with Gasteiger partial charge in [-0.1, -0.05) is 13.8 Å². The molecule has 4 heterocycles. The van der Waals surface area contributed by atoms with Crippen LogP contribution in [0.2, 0.25) is 0 Å². The Morgan fingerprint density at radius 1 is 1.27 bits per heavy atom. The molecule has 1 spiro atoms. The highest BCUT2D eigenvalue weighted by Crippen LogP contribution is 2.65. The Labute approximate surface area is 195 Å². The van der Waals surface area contributed by atoms with Crippen LogP contribution in [0.25, 0.3) is 0 Å². The molecule has 3 N–H and O–H groups in total. The molecule has 0 aromatic heterocycles. The van der Waals surface area contributed by atoms with E-state index in [4.69, 9.17) is 9.47 Å². The molecule has 0 aliphatic carbocycles. The van der Waals surface area contributed by atoms with Gasteiger partial charge in [-0.15, -0.1) is 0 Å². The van der Waals surface area contributed by atoms with Gasteiger partial charge in [-0.2, -0.15) is 0 Å². The Kier molecular flexibility index (Phi) is 6.74. The summed E-state index contributed by atoms with van der Waals surface area (Å²) in [7, 11) is 1.56. The number of hydrogen-bond donors (Lipinski definition) is 3. The lowest BCUT2D eigenvalue weighted by Crippen LogP contribution is -2.58. The summed E-state index contributed by atoms with van der Waals surface area (Å²) in [6.07, 6.45) is 1.02. The van der Waals surface area contributed by atoms with E-state index in [0.29, 0.717) is 39.1 Å². The van der Waals surface area contributed by atoms with Crippen LogP contribution in [0.5, 0.6) is 0 Å². The second-order valence-corrected chi connectivity index (χ2v) is 10.1. The number of likely N-dealkylation sites (tertiary alicyclic amines) is 1. The molecule has 7 atom stereocenters. The van der Waals surface area contributed by atoms with Gasteiger partial charge < -0.3 is 30.1 Å². The van der Waals surface area contributed by atoms with Gasteiger partial charge in [0.2, 0.25) is 17.7 Å². The number of nitrogens with one attached hydrogen (secondary N) is 2. The van der Waals surface area contributed by atoms with Crippen molar-refractivity contribution in [2.75, 3.05) is 53.0 Å². The molecule has 4 aliphatic heterocycles. The van der Waals surface area contributed by atoms with Crippen LogP contribution in [-0.4, -0.2) is 109 Å². The molecule has 0 saturated carbocycles. The van der Waals surface area contributed by atoms with Crippen molar-refractivity contribution in [3.63, 3.8) is 0 Å². The quantitative estimate of drug-likeness (QED) is 0.418. The standard InChI is InChI=1S/C23H38N4O6/c1-5-15(13-28)27-18(20(30)25-6-7-26-8-10-32-11-9-26)23-12-14(2)22(3,33-23)16(19(29)24-4)17(23)21(27)31/h14-18,28H,5-13H2,1-4H3,(H,24,29)(H,25,30)/t14?,15-,16-,17-,18?,22+,23?/m0/s1. The summed E-state index contributed by atoms with van der Waals surface area (Å²) in [6.45, 7) is 9.69. The zero-order chi connectivity index (χ0) is 24.0. The fourth-order valence-corrected chi connectivity index (χ4v) is 6.60. The molecule has 10 nitrogen and oxygen atoms in total. The first kappa shape index (κ1) is 24.4. The third-order valence-corrected chi connectivity index (χ3v) is 8.44. The summed E-state index contributed by atoms with van der Waals surface area (Å²) in [5.74, 6) is -2.21. The molecule has 10 heteroatoms. The van der Waals surface area contributed by atoms with Crippen molar-refractivity contribution in [2.24, 2.45) is 17.8 Å². The largest absolute Gasteiger partial charge is 0.394 e. The number of rotatable bonds is 8. The number of amides is 3. The second kappa shape index (κ2) is 9.13. The van der Waals surface area contributed by atoms with Crippen LogP contribution in [-0.2, 0) is 23.9 Å². The predicted molar refractivity (Wildman–Crippen MR) is 119 cm³/mol. The maximum Gasteiger partial charge on any atom is 0.245 e. The van der Waals surface area contributed by atoms with Gasteiger partial charge in [0.25, 0.3) is 0 Å². The van der Waals surface area contributed by atoms with Gasteiger partial charge in [-0.05, 0) is 25.7 Å². The minimum Gasteiger partial charge on any atom is -0.394 e.